The zero-order valence-electron chi connectivity index (χ0n) is 18.8. The third kappa shape index (κ3) is 6.24. The van der Waals surface area contributed by atoms with Crippen molar-refractivity contribution in [3.05, 3.63) is 76.7 Å². The van der Waals surface area contributed by atoms with Crippen LogP contribution in [0, 0.1) is 6.92 Å². The van der Waals surface area contributed by atoms with Gasteiger partial charge in [0.2, 0.25) is 0 Å². The summed E-state index contributed by atoms with van der Waals surface area (Å²) in [6.07, 6.45) is 4.32. The second-order valence-corrected chi connectivity index (χ2v) is 9.57. The summed E-state index contributed by atoms with van der Waals surface area (Å²) in [5, 5.41) is 0. The van der Waals surface area contributed by atoms with Crippen LogP contribution in [0.3, 0.4) is 0 Å². The number of hydrogen-bond acceptors (Lipinski definition) is 5. The van der Waals surface area contributed by atoms with E-state index in [4.69, 9.17) is 21.7 Å². The maximum Gasteiger partial charge on any atom is 0.266 e. The molecule has 1 heterocycles. The Labute approximate surface area is 200 Å². The molecule has 1 aliphatic rings. The van der Waals surface area contributed by atoms with E-state index in [1.165, 1.54) is 22.9 Å². The second-order valence-electron chi connectivity index (χ2n) is 7.90. The Bertz CT molecular complexity index is 1010. The number of aryl methyl sites for hydroxylation is 1. The summed E-state index contributed by atoms with van der Waals surface area (Å²) in [4.78, 5) is 14.6. The molecule has 1 aliphatic heterocycles. The van der Waals surface area contributed by atoms with Crippen molar-refractivity contribution in [2.45, 2.75) is 33.1 Å². The number of carbonyl (C=O) groups excluding carboxylic acids is 1. The molecule has 168 valence electrons. The number of thioether (sulfide) groups is 1. The van der Waals surface area contributed by atoms with Crippen molar-refractivity contribution >= 4 is 40.3 Å². The van der Waals surface area contributed by atoms with Crippen LogP contribution < -0.4 is 9.47 Å². The van der Waals surface area contributed by atoms with Gasteiger partial charge >= 0.3 is 0 Å². The van der Waals surface area contributed by atoms with E-state index in [9.17, 15) is 4.79 Å². The average molecular weight is 468 g/mol. The monoisotopic (exact) mass is 467 g/mol. The molecule has 0 aromatic heterocycles. The van der Waals surface area contributed by atoms with Crippen LogP contribution in [0.5, 0.6) is 11.5 Å². The van der Waals surface area contributed by atoms with Crippen molar-refractivity contribution in [3.63, 3.8) is 0 Å². The number of ether oxygens (including phenoxy) is 2. The third-order valence-electron chi connectivity index (χ3n) is 4.97. The minimum absolute atomic E-state index is 0.0746. The molecule has 0 unspecified atom stereocenters. The van der Waals surface area contributed by atoms with Gasteiger partial charge in [-0.25, -0.2) is 0 Å². The number of benzene rings is 2. The van der Waals surface area contributed by atoms with E-state index in [0.29, 0.717) is 34.9 Å². The normalized spacial score (nSPS) is 15.0. The summed E-state index contributed by atoms with van der Waals surface area (Å²) in [7, 11) is 0. The number of carbonyl (C=O) groups is 1. The molecule has 6 heteroatoms. The van der Waals surface area contributed by atoms with Crippen molar-refractivity contribution in [1.29, 1.82) is 0 Å². The van der Waals surface area contributed by atoms with E-state index in [-0.39, 0.29) is 5.91 Å². The SMILES string of the molecule is C=CCN1C(=O)/C(=C\c2ccc(OCCCOc3cc(C)ccc3C(C)C)cc2)SC1=S. The largest absolute Gasteiger partial charge is 0.493 e. The topological polar surface area (TPSA) is 38.8 Å². The molecule has 2 aromatic carbocycles. The Hall–Kier alpha value is -2.57. The highest BCUT2D eigenvalue weighted by molar-refractivity contribution is 8.26. The van der Waals surface area contributed by atoms with E-state index in [1.807, 2.05) is 30.3 Å². The lowest BCUT2D eigenvalue weighted by Gasteiger charge is -2.15. The maximum atomic E-state index is 12.4. The highest BCUT2D eigenvalue weighted by Crippen LogP contribution is 2.32. The van der Waals surface area contributed by atoms with Gasteiger partial charge < -0.3 is 9.47 Å². The summed E-state index contributed by atoms with van der Waals surface area (Å²) in [5.41, 5.74) is 3.36. The van der Waals surface area contributed by atoms with Gasteiger partial charge in [0.1, 0.15) is 15.8 Å². The first-order chi connectivity index (χ1) is 15.4. The number of nitrogens with zero attached hydrogens (tertiary/aromatic N) is 1. The van der Waals surface area contributed by atoms with Gasteiger partial charge in [0.25, 0.3) is 5.91 Å². The lowest BCUT2D eigenvalue weighted by atomic mass is 10.0. The van der Waals surface area contributed by atoms with Crippen molar-refractivity contribution in [1.82, 2.24) is 4.90 Å². The molecule has 0 radical (unpaired) electrons. The molecule has 0 bridgehead atoms. The summed E-state index contributed by atoms with van der Waals surface area (Å²) in [6.45, 7) is 11.7. The van der Waals surface area contributed by atoms with Crippen LogP contribution in [-0.4, -0.2) is 34.9 Å². The fraction of sp³-hybridized carbons (Fsp3) is 0.308. The smallest absolute Gasteiger partial charge is 0.266 e. The second kappa shape index (κ2) is 11.3. The van der Waals surface area contributed by atoms with Gasteiger partial charge in [0.15, 0.2) is 0 Å². The standard InChI is InChI=1S/C26H29NO3S2/c1-5-13-27-25(28)24(32-26(27)31)17-20-8-10-21(11-9-20)29-14-6-15-30-23-16-19(4)7-12-22(23)18(2)3/h5,7-12,16-18H,1,6,13-15H2,2-4H3/b24-17+. The molecule has 0 saturated carbocycles. The minimum Gasteiger partial charge on any atom is -0.493 e. The molecule has 0 N–H and O–H groups in total. The van der Waals surface area contributed by atoms with Crippen LogP contribution in [0.1, 0.15) is 42.9 Å². The van der Waals surface area contributed by atoms with Gasteiger partial charge in [0, 0.05) is 13.0 Å². The van der Waals surface area contributed by atoms with Crippen LogP contribution in [0.25, 0.3) is 6.08 Å². The Morgan fingerprint density at radius 3 is 2.53 bits per heavy atom. The summed E-state index contributed by atoms with van der Waals surface area (Å²) >= 11 is 6.59. The number of hydrogen-bond donors (Lipinski definition) is 0. The van der Waals surface area contributed by atoms with Crippen LogP contribution >= 0.6 is 24.0 Å². The van der Waals surface area contributed by atoms with Gasteiger partial charge in [-0.3, -0.25) is 9.69 Å². The van der Waals surface area contributed by atoms with Crippen LogP contribution in [0.2, 0.25) is 0 Å². The van der Waals surface area contributed by atoms with Crippen LogP contribution in [0.4, 0.5) is 0 Å². The van der Waals surface area contributed by atoms with Gasteiger partial charge in [-0.05, 0) is 53.8 Å². The van der Waals surface area contributed by atoms with Crippen LogP contribution in [-0.2, 0) is 4.79 Å². The Morgan fingerprint density at radius 1 is 1.12 bits per heavy atom. The van der Waals surface area contributed by atoms with E-state index in [0.717, 1.165) is 23.5 Å². The molecule has 3 rings (SSSR count). The van der Waals surface area contributed by atoms with Crippen molar-refractivity contribution in [2.24, 2.45) is 0 Å². The number of thiocarbonyl (C=S) groups is 1. The maximum absolute atomic E-state index is 12.4. The molecule has 1 fully saturated rings. The van der Waals surface area contributed by atoms with Crippen molar-refractivity contribution in [2.75, 3.05) is 19.8 Å². The Morgan fingerprint density at radius 2 is 1.84 bits per heavy atom. The fourth-order valence-corrected chi connectivity index (χ4v) is 4.55. The molecule has 32 heavy (non-hydrogen) atoms. The van der Waals surface area contributed by atoms with Gasteiger partial charge in [-0.2, -0.15) is 0 Å². The molecule has 1 amide bonds. The first-order valence-corrected chi connectivity index (χ1v) is 11.9. The third-order valence-corrected chi connectivity index (χ3v) is 6.35. The minimum atomic E-state index is -0.0746. The van der Waals surface area contributed by atoms with E-state index in [1.54, 1.807) is 11.0 Å². The predicted octanol–water partition coefficient (Wildman–Crippen LogP) is 6.35. The highest BCUT2D eigenvalue weighted by Gasteiger charge is 2.30. The molecular formula is C26H29NO3S2. The molecule has 2 aromatic rings. The first kappa shape index (κ1) is 24.1. The van der Waals surface area contributed by atoms with Gasteiger partial charge in [-0.1, -0.05) is 68.2 Å². The molecule has 4 nitrogen and oxygen atoms in total. The quantitative estimate of drug-likeness (QED) is 0.176. The van der Waals surface area contributed by atoms with Crippen LogP contribution in [0.15, 0.2) is 60.0 Å². The molecule has 0 spiro atoms. The molecule has 0 atom stereocenters. The molecular weight excluding hydrogens is 438 g/mol. The first-order valence-electron chi connectivity index (χ1n) is 10.7. The lowest BCUT2D eigenvalue weighted by Crippen LogP contribution is -2.27. The number of rotatable bonds is 10. The van der Waals surface area contributed by atoms with Crippen molar-refractivity contribution in [3.8, 4) is 11.5 Å². The number of amides is 1. The molecule has 1 saturated heterocycles. The van der Waals surface area contributed by atoms with E-state index < -0.39 is 0 Å². The highest BCUT2D eigenvalue weighted by atomic mass is 32.2. The summed E-state index contributed by atoms with van der Waals surface area (Å²) in [5.74, 6) is 2.10. The van der Waals surface area contributed by atoms with Gasteiger partial charge in [-0.15, -0.1) is 6.58 Å². The average Bonchev–Trinajstić information content (AvgIpc) is 3.02. The summed E-state index contributed by atoms with van der Waals surface area (Å²) in [6, 6.07) is 14.1. The molecule has 0 aliphatic carbocycles. The zero-order chi connectivity index (χ0) is 23.1. The summed E-state index contributed by atoms with van der Waals surface area (Å²) < 4.78 is 12.4. The van der Waals surface area contributed by atoms with Gasteiger partial charge in [0.05, 0.1) is 18.1 Å². The van der Waals surface area contributed by atoms with E-state index in [2.05, 4.69) is 45.5 Å². The Balaban J connectivity index is 1.48. The lowest BCUT2D eigenvalue weighted by molar-refractivity contribution is -0.121. The Kier molecular flexibility index (Phi) is 8.53. The van der Waals surface area contributed by atoms with Crippen molar-refractivity contribution < 1.29 is 14.3 Å². The zero-order valence-corrected chi connectivity index (χ0v) is 20.4. The fourth-order valence-electron chi connectivity index (χ4n) is 3.27. The van der Waals surface area contributed by atoms with E-state index >= 15 is 0 Å². The predicted molar refractivity (Wildman–Crippen MR) is 137 cm³/mol.